The molecule has 0 aliphatic rings. The summed E-state index contributed by atoms with van der Waals surface area (Å²) in [6, 6.07) is 3.79. The van der Waals surface area contributed by atoms with Gasteiger partial charge < -0.3 is 15.3 Å². The van der Waals surface area contributed by atoms with Crippen LogP contribution in [0, 0.1) is 6.92 Å². The van der Waals surface area contributed by atoms with E-state index in [1.165, 1.54) is 14.0 Å². The number of amides is 2. The number of halogens is 1. The average molecular weight is 271 g/mol. The van der Waals surface area contributed by atoms with Gasteiger partial charge in [0.2, 0.25) is 0 Å². The second kappa shape index (κ2) is 5.73. The predicted octanol–water partition coefficient (Wildman–Crippen LogP) is 2.59. The van der Waals surface area contributed by atoms with Crippen LogP contribution < -0.4 is 5.32 Å². The quantitative estimate of drug-likeness (QED) is 0.887. The van der Waals surface area contributed by atoms with Crippen LogP contribution in [-0.4, -0.2) is 35.1 Å². The molecule has 0 saturated carbocycles. The molecule has 0 saturated heterocycles. The topological polar surface area (TPSA) is 69.6 Å². The maximum Gasteiger partial charge on any atom is 0.326 e. The van der Waals surface area contributed by atoms with Crippen molar-refractivity contribution < 1.29 is 14.7 Å². The Hall–Kier alpha value is -1.75. The van der Waals surface area contributed by atoms with E-state index in [9.17, 15) is 9.59 Å². The first-order valence-electron chi connectivity index (χ1n) is 5.35. The Morgan fingerprint density at radius 1 is 1.44 bits per heavy atom. The van der Waals surface area contributed by atoms with E-state index in [4.69, 9.17) is 16.7 Å². The van der Waals surface area contributed by atoms with Crippen LogP contribution >= 0.6 is 11.6 Å². The molecule has 1 atom stereocenters. The van der Waals surface area contributed by atoms with Crippen molar-refractivity contribution in [2.24, 2.45) is 0 Å². The van der Waals surface area contributed by atoms with Gasteiger partial charge in [-0.05, 0) is 31.5 Å². The lowest BCUT2D eigenvalue weighted by molar-refractivity contribution is -0.141. The number of aryl methyl sites for hydroxylation is 1. The van der Waals surface area contributed by atoms with Gasteiger partial charge >= 0.3 is 12.0 Å². The fraction of sp³-hybridized carbons (Fsp3) is 0.333. The Morgan fingerprint density at radius 2 is 2.06 bits per heavy atom. The zero-order valence-electron chi connectivity index (χ0n) is 10.4. The first-order valence-corrected chi connectivity index (χ1v) is 5.73. The summed E-state index contributed by atoms with van der Waals surface area (Å²) >= 11 is 5.94. The van der Waals surface area contributed by atoms with Gasteiger partial charge in [-0.25, -0.2) is 9.59 Å². The normalized spacial score (nSPS) is 11.8. The molecule has 2 N–H and O–H groups in total. The largest absolute Gasteiger partial charge is 0.480 e. The van der Waals surface area contributed by atoms with Crippen LogP contribution in [0.2, 0.25) is 5.02 Å². The minimum absolute atomic E-state index is 0.408. The second-order valence-corrected chi connectivity index (χ2v) is 4.45. The first kappa shape index (κ1) is 14.3. The summed E-state index contributed by atoms with van der Waals surface area (Å²) in [6.07, 6.45) is 0. The Labute approximate surface area is 110 Å². The van der Waals surface area contributed by atoms with Crippen LogP contribution in [0.25, 0.3) is 0 Å². The smallest absolute Gasteiger partial charge is 0.326 e. The Balaban J connectivity index is 2.81. The van der Waals surface area contributed by atoms with Gasteiger partial charge in [0, 0.05) is 7.05 Å². The average Bonchev–Trinajstić information content (AvgIpc) is 2.31. The van der Waals surface area contributed by atoms with Crippen LogP contribution in [0.3, 0.4) is 0 Å². The molecule has 98 valence electrons. The SMILES string of the molecule is Cc1ccc(Cl)c(NC(=O)N(C)C(C)C(=O)O)c1. The number of hydrogen-bond donors (Lipinski definition) is 2. The Bertz CT molecular complexity index is 476. The van der Waals surface area contributed by atoms with Gasteiger partial charge in [0.15, 0.2) is 0 Å². The molecule has 1 aromatic rings. The lowest BCUT2D eigenvalue weighted by Crippen LogP contribution is -2.42. The first-order chi connectivity index (χ1) is 8.32. The number of nitrogens with zero attached hydrogens (tertiary/aromatic N) is 1. The van der Waals surface area contributed by atoms with Crippen LogP contribution in [0.15, 0.2) is 18.2 Å². The Morgan fingerprint density at radius 3 is 2.61 bits per heavy atom. The molecule has 0 aromatic heterocycles. The number of anilines is 1. The van der Waals surface area contributed by atoms with Gasteiger partial charge in [0.05, 0.1) is 10.7 Å². The molecule has 0 spiro atoms. The molecule has 1 rings (SSSR count). The number of benzene rings is 1. The summed E-state index contributed by atoms with van der Waals surface area (Å²) in [5.74, 6) is -1.07. The van der Waals surface area contributed by atoms with E-state index in [2.05, 4.69) is 5.32 Å². The van der Waals surface area contributed by atoms with Gasteiger partial charge in [-0.3, -0.25) is 0 Å². The number of carboxylic acid groups (broad SMARTS) is 1. The number of likely N-dealkylation sites (N-methyl/N-ethyl adjacent to an activating group) is 1. The van der Waals surface area contributed by atoms with Crippen molar-refractivity contribution in [1.82, 2.24) is 4.90 Å². The molecule has 0 radical (unpaired) electrons. The molecule has 18 heavy (non-hydrogen) atoms. The summed E-state index contributed by atoms with van der Waals surface area (Å²) < 4.78 is 0. The minimum atomic E-state index is -1.07. The van der Waals surface area contributed by atoms with Gasteiger partial charge in [-0.15, -0.1) is 0 Å². The maximum absolute atomic E-state index is 11.8. The van der Waals surface area contributed by atoms with Crippen molar-refractivity contribution in [3.05, 3.63) is 28.8 Å². The highest BCUT2D eigenvalue weighted by Gasteiger charge is 2.22. The summed E-state index contributed by atoms with van der Waals surface area (Å²) in [6.45, 7) is 3.30. The maximum atomic E-state index is 11.8. The summed E-state index contributed by atoms with van der Waals surface area (Å²) in [5.41, 5.74) is 1.41. The molecule has 6 heteroatoms. The van der Waals surface area contributed by atoms with E-state index < -0.39 is 18.0 Å². The standard InChI is InChI=1S/C12H15ClN2O3/c1-7-4-5-9(13)10(6-7)14-12(18)15(3)8(2)11(16)17/h4-6,8H,1-3H3,(H,14,18)(H,16,17). The van der Waals surface area contributed by atoms with Gasteiger partial charge in [-0.1, -0.05) is 17.7 Å². The summed E-state index contributed by atoms with van der Waals surface area (Å²) in [4.78, 5) is 23.7. The van der Waals surface area contributed by atoms with E-state index in [1.54, 1.807) is 12.1 Å². The molecule has 0 bridgehead atoms. The number of rotatable bonds is 3. The summed E-state index contributed by atoms with van der Waals surface area (Å²) in [5, 5.41) is 11.8. The molecule has 5 nitrogen and oxygen atoms in total. The summed E-state index contributed by atoms with van der Waals surface area (Å²) in [7, 11) is 1.41. The van der Waals surface area contributed by atoms with E-state index in [1.807, 2.05) is 13.0 Å². The third kappa shape index (κ3) is 3.37. The number of hydrogen-bond acceptors (Lipinski definition) is 2. The minimum Gasteiger partial charge on any atom is -0.480 e. The number of carbonyl (C=O) groups excluding carboxylic acids is 1. The van der Waals surface area contributed by atoms with Crippen LogP contribution in [0.1, 0.15) is 12.5 Å². The van der Waals surface area contributed by atoms with E-state index in [-0.39, 0.29) is 0 Å². The van der Waals surface area contributed by atoms with E-state index >= 15 is 0 Å². The van der Waals surface area contributed by atoms with Crippen molar-refractivity contribution in [2.45, 2.75) is 19.9 Å². The van der Waals surface area contributed by atoms with Crippen molar-refractivity contribution in [1.29, 1.82) is 0 Å². The van der Waals surface area contributed by atoms with Crippen LogP contribution in [0.4, 0.5) is 10.5 Å². The molecule has 1 unspecified atom stereocenters. The number of carbonyl (C=O) groups is 2. The second-order valence-electron chi connectivity index (χ2n) is 4.04. The number of aliphatic carboxylic acids is 1. The molecule has 0 fully saturated rings. The lowest BCUT2D eigenvalue weighted by Gasteiger charge is -2.22. The predicted molar refractivity (Wildman–Crippen MR) is 70.1 cm³/mol. The molecule has 0 aliphatic carbocycles. The van der Waals surface area contributed by atoms with Crippen LogP contribution in [0.5, 0.6) is 0 Å². The highest BCUT2D eigenvalue weighted by Crippen LogP contribution is 2.23. The fourth-order valence-corrected chi connectivity index (χ4v) is 1.44. The molecular formula is C12H15ClN2O3. The van der Waals surface area contributed by atoms with Gasteiger partial charge in [-0.2, -0.15) is 0 Å². The molecule has 0 aliphatic heterocycles. The third-order valence-electron chi connectivity index (χ3n) is 2.62. The lowest BCUT2D eigenvalue weighted by atomic mass is 10.2. The van der Waals surface area contributed by atoms with Crippen molar-refractivity contribution in [3.8, 4) is 0 Å². The van der Waals surface area contributed by atoms with Gasteiger partial charge in [0.25, 0.3) is 0 Å². The van der Waals surface area contributed by atoms with E-state index in [0.29, 0.717) is 10.7 Å². The molecule has 2 amide bonds. The zero-order chi connectivity index (χ0) is 13.9. The van der Waals surface area contributed by atoms with Crippen molar-refractivity contribution >= 4 is 29.3 Å². The van der Waals surface area contributed by atoms with E-state index in [0.717, 1.165) is 10.5 Å². The molecule has 1 aromatic carbocycles. The van der Waals surface area contributed by atoms with Crippen molar-refractivity contribution in [3.63, 3.8) is 0 Å². The molecule has 0 heterocycles. The Kier molecular flexibility index (Phi) is 4.55. The highest BCUT2D eigenvalue weighted by atomic mass is 35.5. The van der Waals surface area contributed by atoms with Crippen LogP contribution in [-0.2, 0) is 4.79 Å². The molecular weight excluding hydrogens is 256 g/mol. The number of carboxylic acids is 1. The fourth-order valence-electron chi connectivity index (χ4n) is 1.28. The highest BCUT2D eigenvalue weighted by molar-refractivity contribution is 6.33. The number of nitrogens with one attached hydrogen (secondary N) is 1. The van der Waals surface area contributed by atoms with Gasteiger partial charge in [0.1, 0.15) is 6.04 Å². The van der Waals surface area contributed by atoms with Crippen molar-refractivity contribution in [2.75, 3.05) is 12.4 Å². The third-order valence-corrected chi connectivity index (χ3v) is 2.95. The monoisotopic (exact) mass is 270 g/mol. The zero-order valence-corrected chi connectivity index (χ0v) is 11.2. The number of urea groups is 1.